The van der Waals surface area contributed by atoms with E-state index in [4.69, 9.17) is 10.6 Å². The van der Waals surface area contributed by atoms with Crippen LogP contribution in [0.2, 0.25) is 0 Å². The molecule has 102 valence electrons. The van der Waals surface area contributed by atoms with Crippen molar-refractivity contribution in [3.8, 4) is 5.75 Å². The topological polar surface area (TPSA) is 73.1 Å². The number of halogens is 1. The smallest absolute Gasteiger partial charge is 0.150 e. The zero-order valence-corrected chi connectivity index (χ0v) is 12.7. The van der Waals surface area contributed by atoms with Crippen molar-refractivity contribution in [2.45, 2.75) is 6.61 Å². The molecule has 3 N–H and O–H groups in total. The molecule has 1 aromatic heterocycles. The number of hydrazine groups is 1. The van der Waals surface area contributed by atoms with Gasteiger partial charge in [0, 0.05) is 16.0 Å². The summed E-state index contributed by atoms with van der Waals surface area (Å²) in [5.41, 5.74) is 3.26. The van der Waals surface area contributed by atoms with Crippen LogP contribution >= 0.6 is 27.5 Å². The van der Waals surface area contributed by atoms with E-state index >= 15 is 0 Å². The number of ether oxygens (including phenoxy) is 1. The molecule has 0 fully saturated rings. The summed E-state index contributed by atoms with van der Waals surface area (Å²) >= 11 is 4.67. The van der Waals surface area contributed by atoms with Gasteiger partial charge in [0.05, 0.1) is 0 Å². The predicted molar refractivity (Wildman–Crippen MR) is 83.7 cm³/mol. The van der Waals surface area contributed by atoms with E-state index < -0.39 is 0 Å². The van der Waals surface area contributed by atoms with Crippen molar-refractivity contribution in [3.05, 3.63) is 46.6 Å². The lowest BCUT2D eigenvalue weighted by Crippen LogP contribution is -2.08. The Labute approximate surface area is 128 Å². The molecule has 7 heteroatoms. The van der Waals surface area contributed by atoms with Gasteiger partial charge < -0.3 is 10.2 Å². The molecule has 3 aromatic rings. The Hall–Kier alpha value is -1.70. The number of nitrogens with one attached hydrogen (secondary N) is 1. The number of hydrogen-bond acceptors (Lipinski definition) is 6. The number of fused-ring (bicyclic) bond motifs is 1. The van der Waals surface area contributed by atoms with Gasteiger partial charge in [-0.2, -0.15) is 0 Å². The monoisotopic (exact) mass is 350 g/mol. The van der Waals surface area contributed by atoms with E-state index in [-0.39, 0.29) is 0 Å². The molecule has 0 bridgehead atoms. The fourth-order valence-corrected chi connectivity index (χ4v) is 2.71. The molecule has 5 nitrogen and oxygen atoms in total. The number of nitrogens with two attached hydrogens (primary N) is 1. The Bertz CT molecular complexity index is 746. The minimum absolute atomic E-state index is 0.331. The van der Waals surface area contributed by atoms with E-state index in [0.29, 0.717) is 12.3 Å². The first kappa shape index (κ1) is 13.3. The second kappa shape index (κ2) is 5.74. The Morgan fingerprint density at radius 3 is 2.85 bits per heavy atom. The predicted octanol–water partition coefficient (Wildman–Crippen LogP) is 3.32. The summed E-state index contributed by atoms with van der Waals surface area (Å²) in [6.45, 7) is 0.331. The first-order valence-electron chi connectivity index (χ1n) is 5.86. The van der Waals surface area contributed by atoms with Crippen LogP contribution in [0, 0.1) is 0 Å². The fourth-order valence-electron chi connectivity index (χ4n) is 1.85. The molecule has 0 spiro atoms. The Morgan fingerprint density at radius 1 is 1.20 bits per heavy atom. The number of benzene rings is 2. The molecule has 1 heterocycles. The third-order valence-electron chi connectivity index (χ3n) is 2.84. The van der Waals surface area contributed by atoms with Crippen molar-refractivity contribution < 1.29 is 4.74 Å². The molecule has 0 saturated carbocycles. The number of rotatable bonds is 4. The highest BCUT2D eigenvalue weighted by Gasteiger charge is 2.07. The number of anilines is 1. The molecule has 0 saturated heterocycles. The highest BCUT2D eigenvalue weighted by atomic mass is 79.9. The van der Waals surface area contributed by atoms with Crippen LogP contribution in [0.4, 0.5) is 5.00 Å². The molecule has 0 unspecified atom stereocenters. The van der Waals surface area contributed by atoms with Crippen molar-refractivity contribution >= 4 is 43.2 Å². The van der Waals surface area contributed by atoms with Crippen LogP contribution in [0.5, 0.6) is 5.75 Å². The van der Waals surface area contributed by atoms with Crippen LogP contribution < -0.4 is 16.0 Å². The van der Waals surface area contributed by atoms with Gasteiger partial charge in [0.1, 0.15) is 18.1 Å². The summed E-state index contributed by atoms with van der Waals surface area (Å²) in [6.07, 6.45) is 0. The third-order valence-corrected chi connectivity index (χ3v) is 4.03. The van der Waals surface area contributed by atoms with Gasteiger partial charge in [-0.15, -0.1) is 5.10 Å². The molecule has 0 amide bonds. The van der Waals surface area contributed by atoms with E-state index in [2.05, 4.69) is 37.0 Å². The highest BCUT2D eigenvalue weighted by Crippen LogP contribution is 2.25. The second-order valence-electron chi connectivity index (χ2n) is 4.14. The lowest BCUT2D eigenvalue weighted by atomic mass is 10.1. The minimum Gasteiger partial charge on any atom is -0.487 e. The van der Waals surface area contributed by atoms with Crippen molar-refractivity contribution in [2.24, 2.45) is 5.84 Å². The number of hydrogen-bond donors (Lipinski definition) is 2. The molecule has 0 aliphatic heterocycles. The fraction of sp³-hybridized carbons (Fsp3) is 0.0769. The Kier molecular flexibility index (Phi) is 3.81. The molecule has 0 radical (unpaired) electrons. The van der Waals surface area contributed by atoms with Crippen LogP contribution in [0.3, 0.4) is 0 Å². The van der Waals surface area contributed by atoms with Crippen LogP contribution in [-0.2, 0) is 6.61 Å². The standard InChI is InChI=1S/C13H11BrN4OS/c14-10-3-1-9-6-11(4-2-8(9)5-10)19-7-12-13(16-15)20-18-17-12/h1-6,16H,7,15H2. The van der Waals surface area contributed by atoms with Gasteiger partial charge in [-0.05, 0) is 35.0 Å². The zero-order valence-electron chi connectivity index (χ0n) is 10.3. The van der Waals surface area contributed by atoms with E-state index in [1.165, 1.54) is 11.5 Å². The maximum Gasteiger partial charge on any atom is 0.150 e. The Balaban J connectivity index is 1.79. The average Bonchev–Trinajstić information content (AvgIpc) is 2.92. The Morgan fingerprint density at radius 2 is 2.00 bits per heavy atom. The summed E-state index contributed by atoms with van der Waals surface area (Å²) in [7, 11) is 0. The summed E-state index contributed by atoms with van der Waals surface area (Å²) in [5.74, 6) is 6.16. The van der Waals surface area contributed by atoms with E-state index in [9.17, 15) is 0 Å². The maximum absolute atomic E-state index is 5.73. The van der Waals surface area contributed by atoms with E-state index in [1.54, 1.807) is 0 Å². The van der Waals surface area contributed by atoms with E-state index in [1.807, 2.05) is 30.3 Å². The lowest BCUT2D eigenvalue weighted by Gasteiger charge is -2.07. The number of nitrogens with zero attached hydrogens (tertiary/aromatic N) is 2. The van der Waals surface area contributed by atoms with Crippen LogP contribution in [0.1, 0.15) is 5.69 Å². The summed E-state index contributed by atoms with van der Waals surface area (Å²) in [6, 6.07) is 12.1. The summed E-state index contributed by atoms with van der Waals surface area (Å²) < 4.78 is 10.6. The van der Waals surface area contributed by atoms with Gasteiger partial charge in [0.15, 0.2) is 5.00 Å². The van der Waals surface area contributed by atoms with Crippen molar-refractivity contribution in [1.29, 1.82) is 0 Å². The molecule has 2 aromatic carbocycles. The van der Waals surface area contributed by atoms with Crippen LogP contribution in [0.15, 0.2) is 40.9 Å². The minimum atomic E-state index is 0.331. The molecule has 0 aliphatic carbocycles. The third kappa shape index (κ3) is 2.74. The van der Waals surface area contributed by atoms with Crippen LogP contribution in [-0.4, -0.2) is 9.59 Å². The van der Waals surface area contributed by atoms with Gasteiger partial charge in [-0.25, -0.2) is 5.84 Å². The molecule has 0 atom stereocenters. The molecule has 20 heavy (non-hydrogen) atoms. The van der Waals surface area contributed by atoms with Gasteiger partial charge >= 0.3 is 0 Å². The van der Waals surface area contributed by atoms with Gasteiger partial charge in [-0.3, -0.25) is 0 Å². The first-order chi connectivity index (χ1) is 9.76. The molecule has 3 rings (SSSR count). The summed E-state index contributed by atoms with van der Waals surface area (Å²) in [4.78, 5) is 0. The first-order valence-corrected chi connectivity index (χ1v) is 7.43. The van der Waals surface area contributed by atoms with Gasteiger partial charge in [0.2, 0.25) is 0 Å². The van der Waals surface area contributed by atoms with Crippen molar-refractivity contribution in [3.63, 3.8) is 0 Å². The van der Waals surface area contributed by atoms with Gasteiger partial charge in [0.25, 0.3) is 0 Å². The number of aromatic nitrogens is 2. The maximum atomic E-state index is 5.73. The normalized spacial score (nSPS) is 10.7. The highest BCUT2D eigenvalue weighted by molar-refractivity contribution is 9.10. The molecular weight excluding hydrogens is 340 g/mol. The number of nitrogen functional groups attached to an aromatic ring is 1. The molecule has 0 aliphatic rings. The van der Waals surface area contributed by atoms with Crippen LogP contribution in [0.25, 0.3) is 10.8 Å². The van der Waals surface area contributed by atoms with Gasteiger partial charge in [-0.1, -0.05) is 32.6 Å². The molecular formula is C13H11BrN4OS. The average molecular weight is 351 g/mol. The van der Waals surface area contributed by atoms with Crippen molar-refractivity contribution in [1.82, 2.24) is 9.59 Å². The van der Waals surface area contributed by atoms with Crippen molar-refractivity contribution in [2.75, 3.05) is 5.43 Å². The quantitative estimate of drug-likeness (QED) is 0.557. The second-order valence-corrected chi connectivity index (χ2v) is 5.80. The largest absolute Gasteiger partial charge is 0.487 e. The van der Waals surface area contributed by atoms with E-state index in [0.717, 1.165) is 26.0 Å². The lowest BCUT2D eigenvalue weighted by molar-refractivity contribution is 0.302. The SMILES string of the molecule is NNc1snnc1COc1ccc2cc(Br)ccc2c1. The summed E-state index contributed by atoms with van der Waals surface area (Å²) in [5, 5.41) is 6.97. The zero-order chi connectivity index (χ0) is 13.9.